The summed E-state index contributed by atoms with van der Waals surface area (Å²) in [7, 11) is 1.62. The number of hydrogen-bond acceptors (Lipinski definition) is 8. The summed E-state index contributed by atoms with van der Waals surface area (Å²) in [6.45, 7) is 3.30. The summed E-state index contributed by atoms with van der Waals surface area (Å²) < 4.78 is 11.9. The molecular weight excluding hydrogens is 488 g/mol. The zero-order chi connectivity index (χ0) is 25.2. The molecule has 1 saturated heterocycles. The molecule has 188 valence electrons. The van der Waals surface area contributed by atoms with Crippen LogP contribution >= 0.6 is 11.3 Å². The van der Waals surface area contributed by atoms with Crippen molar-refractivity contribution in [3.63, 3.8) is 0 Å². The number of nitrogens with zero attached hydrogens (tertiary/aromatic N) is 4. The number of amides is 1. The summed E-state index contributed by atoms with van der Waals surface area (Å²) in [5.41, 5.74) is 3.65. The van der Waals surface area contributed by atoms with Gasteiger partial charge in [-0.1, -0.05) is 24.3 Å². The maximum Gasteiger partial charge on any atom is 0.224 e. The number of rotatable bonds is 7. The van der Waals surface area contributed by atoms with Crippen molar-refractivity contribution >= 4 is 44.2 Å². The summed E-state index contributed by atoms with van der Waals surface area (Å²) in [5.74, 6) is 2.26. The van der Waals surface area contributed by atoms with Crippen molar-refractivity contribution in [3.8, 4) is 17.1 Å². The van der Waals surface area contributed by atoms with E-state index in [0.29, 0.717) is 32.0 Å². The number of nitrogens with one attached hydrogen (secondary N) is 2. The smallest absolute Gasteiger partial charge is 0.224 e. The van der Waals surface area contributed by atoms with Gasteiger partial charge in [-0.15, -0.1) is 11.3 Å². The molecule has 1 fully saturated rings. The Labute approximate surface area is 217 Å². The molecule has 2 N–H and O–H groups in total. The number of thiophene rings is 1. The van der Waals surface area contributed by atoms with Crippen LogP contribution in [0, 0.1) is 0 Å². The summed E-state index contributed by atoms with van der Waals surface area (Å²) in [5, 5.41) is 11.2. The Kier molecular flexibility index (Phi) is 6.42. The molecule has 0 bridgehead atoms. The van der Waals surface area contributed by atoms with E-state index in [2.05, 4.69) is 26.5 Å². The number of benzene rings is 2. The van der Waals surface area contributed by atoms with Crippen molar-refractivity contribution in [1.82, 2.24) is 25.5 Å². The molecule has 2 aromatic carbocycles. The molecule has 0 saturated carbocycles. The van der Waals surface area contributed by atoms with Gasteiger partial charge in [-0.25, -0.2) is 9.97 Å². The molecule has 0 spiro atoms. The van der Waals surface area contributed by atoms with E-state index in [1.807, 2.05) is 48.7 Å². The van der Waals surface area contributed by atoms with Crippen LogP contribution in [0.5, 0.6) is 5.75 Å². The minimum atomic E-state index is -0.0440. The largest absolute Gasteiger partial charge is 0.497 e. The lowest BCUT2D eigenvalue weighted by atomic mass is 10.1. The van der Waals surface area contributed by atoms with Crippen LogP contribution < -0.4 is 15.0 Å². The van der Waals surface area contributed by atoms with E-state index in [0.717, 1.165) is 61.8 Å². The molecule has 3 aromatic heterocycles. The number of carbonyl (C=O) groups excluding carboxylic acids is 1. The van der Waals surface area contributed by atoms with Crippen molar-refractivity contribution in [2.75, 3.05) is 38.3 Å². The number of anilines is 1. The highest BCUT2D eigenvalue weighted by Crippen LogP contribution is 2.35. The summed E-state index contributed by atoms with van der Waals surface area (Å²) in [6, 6.07) is 15.6. The molecule has 1 aliphatic rings. The number of fused-ring (bicyclic) bond motifs is 2. The predicted molar refractivity (Wildman–Crippen MR) is 144 cm³/mol. The Bertz CT molecular complexity index is 1570. The van der Waals surface area contributed by atoms with Gasteiger partial charge in [0.1, 0.15) is 5.75 Å². The van der Waals surface area contributed by atoms with Crippen molar-refractivity contribution in [2.24, 2.45) is 0 Å². The van der Waals surface area contributed by atoms with E-state index in [4.69, 9.17) is 19.4 Å². The first-order valence-corrected chi connectivity index (χ1v) is 12.9. The number of morpholine rings is 1. The lowest BCUT2D eigenvalue weighted by Crippen LogP contribution is -2.36. The van der Waals surface area contributed by atoms with E-state index in [-0.39, 0.29) is 5.91 Å². The Morgan fingerprint density at radius 1 is 1.16 bits per heavy atom. The van der Waals surface area contributed by atoms with Gasteiger partial charge in [0.15, 0.2) is 11.6 Å². The fourth-order valence-electron chi connectivity index (χ4n) is 4.54. The molecule has 9 nitrogen and oxygen atoms in total. The monoisotopic (exact) mass is 514 g/mol. The molecule has 0 unspecified atom stereocenters. The van der Waals surface area contributed by atoms with E-state index >= 15 is 0 Å². The van der Waals surface area contributed by atoms with Gasteiger partial charge in [0.05, 0.1) is 55.2 Å². The minimum Gasteiger partial charge on any atom is -0.497 e. The highest BCUT2D eigenvalue weighted by atomic mass is 32.1. The average Bonchev–Trinajstić information content (AvgIpc) is 3.59. The van der Waals surface area contributed by atoms with Crippen LogP contribution in [0.1, 0.15) is 10.4 Å². The van der Waals surface area contributed by atoms with E-state index in [9.17, 15) is 4.79 Å². The van der Waals surface area contributed by atoms with Gasteiger partial charge in [-0.2, -0.15) is 5.10 Å². The Morgan fingerprint density at radius 2 is 2.03 bits per heavy atom. The number of H-pyrrole nitrogens is 1. The van der Waals surface area contributed by atoms with Gasteiger partial charge in [0.2, 0.25) is 5.91 Å². The molecule has 0 aliphatic carbocycles. The summed E-state index contributed by atoms with van der Waals surface area (Å²) >= 11 is 1.62. The van der Waals surface area contributed by atoms with E-state index in [1.54, 1.807) is 18.4 Å². The van der Waals surface area contributed by atoms with Crippen LogP contribution in [-0.4, -0.2) is 59.5 Å². The minimum absolute atomic E-state index is 0.0440. The maximum atomic E-state index is 12.6. The number of carbonyl (C=O) groups is 1. The molecule has 1 aliphatic heterocycles. The van der Waals surface area contributed by atoms with Gasteiger partial charge < -0.3 is 19.7 Å². The van der Waals surface area contributed by atoms with Crippen molar-refractivity contribution in [2.45, 2.75) is 13.0 Å². The van der Waals surface area contributed by atoms with Gasteiger partial charge >= 0.3 is 0 Å². The summed E-state index contributed by atoms with van der Waals surface area (Å²) in [6.07, 6.45) is 2.10. The van der Waals surface area contributed by atoms with Crippen LogP contribution in [0.2, 0.25) is 0 Å². The second-order valence-corrected chi connectivity index (χ2v) is 9.98. The molecule has 0 radical (unpaired) electrons. The Morgan fingerprint density at radius 3 is 2.89 bits per heavy atom. The zero-order valence-corrected chi connectivity index (χ0v) is 21.2. The molecule has 4 heterocycles. The molecule has 1 amide bonds. The van der Waals surface area contributed by atoms with Crippen LogP contribution in [0.15, 0.2) is 54.7 Å². The van der Waals surface area contributed by atoms with E-state index in [1.165, 1.54) is 0 Å². The average molecular weight is 515 g/mol. The van der Waals surface area contributed by atoms with E-state index < -0.39 is 0 Å². The third-order valence-corrected chi connectivity index (χ3v) is 7.52. The van der Waals surface area contributed by atoms with Gasteiger partial charge in [-0.3, -0.25) is 9.89 Å². The fourth-order valence-corrected chi connectivity index (χ4v) is 5.59. The molecule has 10 heteroatoms. The SMILES string of the molecule is COc1cccc(CC(=O)NCc2cc3nc(-c4cccc5[nH]ncc45)nc(N4CCOCC4)c3s2)c1. The first kappa shape index (κ1) is 23.4. The quantitative estimate of drug-likeness (QED) is 0.339. The molecule has 6 rings (SSSR count). The first-order chi connectivity index (χ1) is 18.2. The second kappa shape index (κ2) is 10.2. The van der Waals surface area contributed by atoms with Crippen LogP contribution in [0.25, 0.3) is 32.5 Å². The van der Waals surface area contributed by atoms with Gasteiger partial charge in [-0.05, 0) is 29.8 Å². The highest BCUT2D eigenvalue weighted by molar-refractivity contribution is 7.19. The lowest BCUT2D eigenvalue weighted by molar-refractivity contribution is -0.120. The first-order valence-electron chi connectivity index (χ1n) is 12.1. The Hall–Kier alpha value is -4.02. The second-order valence-electron chi connectivity index (χ2n) is 8.84. The fraction of sp³-hybridized carbons (Fsp3) is 0.259. The normalized spacial score (nSPS) is 13.8. The maximum absolute atomic E-state index is 12.6. The predicted octanol–water partition coefficient (Wildman–Crippen LogP) is 3.94. The third-order valence-electron chi connectivity index (χ3n) is 6.40. The van der Waals surface area contributed by atoms with Crippen LogP contribution in [0.4, 0.5) is 5.82 Å². The topological polar surface area (TPSA) is 105 Å². The van der Waals surface area contributed by atoms with Gasteiger partial charge in [0, 0.05) is 28.9 Å². The molecule has 0 atom stereocenters. The molecule has 5 aromatic rings. The number of aromatic amines is 1. The Balaban J connectivity index is 1.30. The number of ether oxygens (including phenoxy) is 2. The number of methoxy groups -OCH3 is 1. The third kappa shape index (κ3) is 4.85. The summed E-state index contributed by atoms with van der Waals surface area (Å²) in [4.78, 5) is 25.9. The molecule has 37 heavy (non-hydrogen) atoms. The van der Waals surface area contributed by atoms with Crippen molar-refractivity contribution in [3.05, 3.63) is 65.2 Å². The van der Waals surface area contributed by atoms with Crippen LogP contribution in [0.3, 0.4) is 0 Å². The number of hydrogen-bond donors (Lipinski definition) is 2. The van der Waals surface area contributed by atoms with Gasteiger partial charge in [0.25, 0.3) is 0 Å². The lowest BCUT2D eigenvalue weighted by Gasteiger charge is -2.28. The van der Waals surface area contributed by atoms with Crippen molar-refractivity contribution in [1.29, 1.82) is 0 Å². The highest BCUT2D eigenvalue weighted by Gasteiger charge is 2.21. The van der Waals surface area contributed by atoms with Crippen molar-refractivity contribution < 1.29 is 14.3 Å². The van der Waals surface area contributed by atoms with Crippen LogP contribution in [-0.2, 0) is 22.5 Å². The molecular formula is C27H26N6O3S. The number of aromatic nitrogens is 4. The zero-order valence-electron chi connectivity index (χ0n) is 20.4. The standard InChI is InChI=1S/C27H26N6O3S/c1-35-18-5-2-4-17(12-18)13-24(34)28-15-19-14-23-25(37-19)27(33-8-10-36-11-9-33)31-26(30-23)20-6-3-7-22-21(20)16-29-32-22/h2-7,12,14,16H,8-11,13,15H2,1H3,(H,28,34)(H,29,32).